The van der Waals surface area contributed by atoms with Crippen molar-refractivity contribution in [3.63, 3.8) is 0 Å². The number of anilines is 1. The van der Waals surface area contributed by atoms with Crippen LogP contribution in [0.4, 0.5) is 16.4 Å². The van der Waals surface area contributed by atoms with Crippen molar-refractivity contribution >= 4 is 29.4 Å². The van der Waals surface area contributed by atoms with Gasteiger partial charge in [0.05, 0.1) is 18.8 Å². The van der Waals surface area contributed by atoms with Crippen LogP contribution >= 0.6 is 0 Å². The van der Waals surface area contributed by atoms with Gasteiger partial charge in [-0.05, 0) is 32.9 Å². The van der Waals surface area contributed by atoms with Gasteiger partial charge in [0.25, 0.3) is 5.91 Å². The molecule has 1 saturated heterocycles. The standard InChI is InChI=1S/C21H27N6O3/c1-6-30-16-10-8-7-9-15(16)22-11-12-26-13(2)14(3)27-17-18(23-20(26)27)24(4)21(29)25(5)19(17)28/h7-10,17,22H,6,11-12H2,1-5H3/q+1. The van der Waals surface area contributed by atoms with Gasteiger partial charge < -0.3 is 10.1 Å². The molecule has 2 aliphatic rings. The van der Waals surface area contributed by atoms with Gasteiger partial charge in [-0.1, -0.05) is 17.1 Å². The highest BCUT2D eigenvalue weighted by atomic mass is 16.5. The van der Waals surface area contributed by atoms with Crippen molar-refractivity contribution in [1.82, 2.24) is 14.4 Å². The van der Waals surface area contributed by atoms with E-state index in [9.17, 15) is 9.59 Å². The van der Waals surface area contributed by atoms with Crippen LogP contribution in [-0.2, 0) is 11.3 Å². The Hall–Kier alpha value is -3.36. The minimum atomic E-state index is -0.598. The Kier molecular flexibility index (Phi) is 4.97. The first kappa shape index (κ1) is 19.9. The SMILES string of the molecule is CCOc1ccccc1NCC[n+]1c(C)c(C)n2c1N=C1C2C(=O)N(C)C(=O)N1C. The number of carbonyl (C=O) groups is 2. The molecule has 4 rings (SSSR count). The molecule has 1 aromatic heterocycles. The quantitative estimate of drug-likeness (QED) is 0.737. The molecule has 1 unspecified atom stereocenters. The number of rotatable bonds is 6. The fourth-order valence-electron chi connectivity index (χ4n) is 4.05. The molecule has 1 fully saturated rings. The average molecular weight is 411 g/mol. The van der Waals surface area contributed by atoms with Gasteiger partial charge in [0, 0.05) is 20.6 Å². The second kappa shape index (κ2) is 7.47. The number of hydrogen-bond donors (Lipinski definition) is 1. The molecule has 3 heterocycles. The van der Waals surface area contributed by atoms with Gasteiger partial charge in [0.15, 0.2) is 0 Å². The van der Waals surface area contributed by atoms with E-state index in [4.69, 9.17) is 9.73 Å². The van der Waals surface area contributed by atoms with Crippen LogP contribution in [0, 0.1) is 13.8 Å². The van der Waals surface area contributed by atoms with Crippen molar-refractivity contribution < 1.29 is 18.9 Å². The van der Waals surface area contributed by atoms with Crippen LogP contribution < -0.4 is 14.6 Å². The number of nitrogens with zero attached hydrogens (tertiary/aromatic N) is 5. The molecular weight excluding hydrogens is 384 g/mol. The van der Waals surface area contributed by atoms with Crippen LogP contribution in [0.25, 0.3) is 0 Å². The van der Waals surface area contributed by atoms with E-state index in [1.165, 1.54) is 11.9 Å². The molecule has 0 spiro atoms. The third-order valence-electron chi connectivity index (χ3n) is 5.78. The van der Waals surface area contributed by atoms with Gasteiger partial charge in [0.2, 0.25) is 11.9 Å². The molecule has 9 heteroatoms. The maximum absolute atomic E-state index is 12.8. The Morgan fingerprint density at radius 2 is 1.90 bits per heavy atom. The normalized spacial score (nSPS) is 17.8. The highest BCUT2D eigenvalue weighted by Crippen LogP contribution is 2.34. The number of urea groups is 1. The summed E-state index contributed by atoms with van der Waals surface area (Å²) in [7, 11) is 3.16. The zero-order chi connectivity index (χ0) is 21.6. The maximum atomic E-state index is 12.8. The Morgan fingerprint density at radius 3 is 2.63 bits per heavy atom. The van der Waals surface area contributed by atoms with Crippen molar-refractivity contribution in [2.24, 2.45) is 4.99 Å². The second-order valence-corrected chi connectivity index (χ2v) is 7.46. The molecule has 2 aliphatic heterocycles. The predicted molar refractivity (Wildman–Crippen MR) is 112 cm³/mol. The number of imide groups is 1. The molecular formula is C21H27N6O3+. The number of para-hydroxylation sites is 2. The number of hydrogen-bond acceptors (Lipinski definition) is 5. The summed E-state index contributed by atoms with van der Waals surface area (Å²) in [6.45, 7) is 7.88. The Balaban J connectivity index is 1.61. The summed E-state index contributed by atoms with van der Waals surface area (Å²) in [5.41, 5.74) is 2.95. The van der Waals surface area contributed by atoms with Crippen molar-refractivity contribution in [3.8, 4) is 5.75 Å². The van der Waals surface area contributed by atoms with Gasteiger partial charge in [0.1, 0.15) is 17.1 Å². The van der Waals surface area contributed by atoms with Gasteiger partial charge in [-0.15, -0.1) is 0 Å². The number of fused-ring (bicyclic) bond motifs is 3. The number of carbonyl (C=O) groups excluding carboxylic acids is 2. The van der Waals surface area contributed by atoms with Crippen LogP contribution in [0.3, 0.4) is 0 Å². The van der Waals surface area contributed by atoms with Crippen molar-refractivity contribution in [1.29, 1.82) is 0 Å². The number of benzene rings is 1. The fraction of sp³-hybridized carbons (Fsp3) is 0.429. The summed E-state index contributed by atoms with van der Waals surface area (Å²) in [6.07, 6.45) is 0. The molecule has 0 saturated carbocycles. The summed E-state index contributed by atoms with van der Waals surface area (Å²) in [4.78, 5) is 32.5. The van der Waals surface area contributed by atoms with Crippen LogP contribution in [0.1, 0.15) is 24.4 Å². The number of imidazole rings is 1. The highest BCUT2D eigenvalue weighted by Gasteiger charge is 2.53. The molecule has 9 nitrogen and oxygen atoms in total. The number of ether oxygens (including phenoxy) is 1. The first-order valence-electron chi connectivity index (χ1n) is 10.1. The molecule has 30 heavy (non-hydrogen) atoms. The third-order valence-corrected chi connectivity index (χ3v) is 5.78. The number of aromatic nitrogens is 2. The van der Waals surface area contributed by atoms with E-state index in [-0.39, 0.29) is 11.9 Å². The van der Waals surface area contributed by atoms with Gasteiger partial charge in [-0.3, -0.25) is 14.6 Å². The zero-order valence-electron chi connectivity index (χ0n) is 18.0. The van der Waals surface area contributed by atoms with Crippen LogP contribution in [0.2, 0.25) is 0 Å². The van der Waals surface area contributed by atoms with E-state index in [2.05, 4.69) is 9.88 Å². The lowest BCUT2D eigenvalue weighted by molar-refractivity contribution is -0.686. The monoisotopic (exact) mass is 411 g/mol. The van der Waals surface area contributed by atoms with Gasteiger partial charge >= 0.3 is 12.0 Å². The van der Waals surface area contributed by atoms with Crippen LogP contribution in [-0.4, -0.2) is 59.4 Å². The van der Waals surface area contributed by atoms with Crippen LogP contribution in [0.15, 0.2) is 29.3 Å². The van der Waals surface area contributed by atoms with Gasteiger partial charge in [-0.2, -0.15) is 0 Å². The second-order valence-electron chi connectivity index (χ2n) is 7.46. The van der Waals surface area contributed by atoms with E-state index in [1.807, 2.05) is 49.6 Å². The minimum absolute atomic E-state index is 0.260. The Labute approximate surface area is 175 Å². The predicted octanol–water partition coefficient (Wildman–Crippen LogP) is 2.01. The Bertz CT molecular complexity index is 1060. The Morgan fingerprint density at radius 1 is 1.17 bits per heavy atom. The number of nitrogens with one attached hydrogen (secondary N) is 1. The average Bonchev–Trinajstić information content (AvgIpc) is 3.23. The van der Waals surface area contributed by atoms with E-state index in [1.54, 1.807) is 7.05 Å². The molecule has 0 bridgehead atoms. The smallest absolute Gasteiger partial charge is 0.402 e. The largest absolute Gasteiger partial charge is 0.492 e. The fourth-order valence-corrected chi connectivity index (χ4v) is 4.05. The molecule has 1 atom stereocenters. The van der Waals surface area contributed by atoms with Crippen LogP contribution in [0.5, 0.6) is 5.75 Å². The maximum Gasteiger partial charge on any atom is 0.402 e. The summed E-state index contributed by atoms with van der Waals surface area (Å²) in [5, 5.41) is 3.43. The minimum Gasteiger partial charge on any atom is -0.492 e. The lowest BCUT2D eigenvalue weighted by Crippen LogP contribution is -2.56. The van der Waals surface area contributed by atoms with E-state index < -0.39 is 6.04 Å². The molecule has 158 valence electrons. The molecule has 0 aliphatic carbocycles. The van der Waals surface area contributed by atoms with Crippen molar-refractivity contribution in [3.05, 3.63) is 35.7 Å². The summed E-state index contributed by atoms with van der Waals surface area (Å²) in [6, 6.07) is 6.88. The number of amides is 3. The molecule has 1 N–H and O–H groups in total. The molecule has 2 aromatic rings. The lowest BCUT2D eigenvalue weighted by Gasteiger charge is -2.30. The number of aliphatic imine (C=N–C) groups is 1. The summed E-state index contributed by atoms with van der Waals surface area (Å²) in [5.74, 6) is 1.72. The van der Waals surface area contributed by atoms with Gasteiger partial charge in [-0.25, -0.2) is 13.9 Å². The van der Waals surface area contributed by atoms with E-state index in [0.29, 0.717) is 31.5 Å². The topological polar surface area (TPSA) is 83.0 Å². The van der Waals surface area contributed by atoms with Crippen molar-refractivity contribution in [2.75, 3.05) is 32.6 Å². The lowest BCUT2D eigenvalue weighted by atomic mass is 10.1. The molecule has 3 amide bonds. The van der Waals surface area contributed by atoms with E-state index >= 15 is 0 Å². The number of likely N-dealkylation sites (N-methyl/N-ethyl adjacent to an activating group) is 2. The number of amidine groups is 1. The van der Waals surface area contributed by atoms with E-state index in [0.717, 1.165) is 27.7 Å². The highest BCUT2D eigenvalue weighted by molar-refractivity contribution is 6.20. The first-order chi connectivity index (χ1) is 14.4. The molecule has 1 aromatic carbocycles. The summed E-state index contributed by atoms with van der Waals surface area (Å²) < 4.78 is 9.69. The van der Waals surface area contributed by atoms with Crippen molar-refractivity contribution in [2.45, 2.75) is 33.4 Å². The zero-order valence-corrected chi connectivity index (χ0v) is 18.0. The first-order valence-corrected chi connectivity index (χ1v) is 10.1. The summed E-state index contributed by atoms with van der Waals surface area (Å²) >= 11 is 0. The molecule has 0 radical (unpaired) electrons. The third kappa shape index (κ3) is 2.92.